The van der Waals surface area contributed by atoms with E-state index in [0.717, 1.165) is 6.61 Å². The lowest BCUT2D eigenvalue weighted by molar-refractivity contribution is 0.168. The fourth-order valence-corrected chi connectivity index (χ4v) is 1.56. The molecule has 0 spiro atoms. The third kappa shape index (κ3) is 1.96. The Kier molecular flexibility index (Phi) is 2.32. The summed E-state index contributed by atoms with van der Waals surface area (Å²) in [6.07, 6.45) is 2.52. The first kappa shape index (κ1) is 8.02. The van der Waals surface area contributed by atoms with E-state index in [1.807, 2.05) is 0 Å². The molecule has 0 radical (unpaired) electrons. The van der Waals surface area contributed by atoms with Crippen LogP contribution in [-0.4, -0.2) is 25.3 Å². The fourth-order valence-electron chi connectivity index (χ4n) is 1.56. The number of hydrogen-bond donors (Lipinski definition) is 1. The minimum absolute atomic E-state index is 0.337. The quantitative estimate of drug-likeness (QED) is 0.626. The van der Waals surface area contributed by atoms with Gasteiger partial charge < -0.3 is 10.1 Å². The molecule has 0 aromatic carbocycles. The summed E-state index contributed by atoms with van der Waals surface area (Å²) in [7, 11) is 1.76. The highest BCUT2D eigenvalue weighted by Crippen LogP contribution is 2.21. The van der Waals surface area contributed by atoms with Crippen molar-refractivity contribution in [2.24, 2.45) is 0 Å². The van der Waals surface area contributed by atoms with Gasteiger partial charge in [0.25, 0.3) is 0 Å². The van der Waals surface area contributed by atoms with Crippen LogP contribution in [0.1, 0.15) is 26.7 Å². The normalized spacial score (nSPS) is 30.9. The molecule has 0 aromatic rings. The second-order valence-electron chi connectivity index (χ2n) is 3.72. The molecular weight excluding hydrogens is 126 g/mol. The van der Waals surface area contributed by atoms with E-state index in [1.165, 1.54) is 12.8 Å². The highest BCUT2D eigenvalue weighted by Gasteiger charge is 2.29. The van der Waals surface area contributed by atoms with Gasteiger partial charge in [-0.2, -0.15) is 0 Å². The molecule has 2 nitrogen and oxygen atoms in total. The molecule has 1 atom stereocenters. The van der Waals surface area contributed by atoms with Gasteiger partial charge in [0.1, 0.15) is 0 Å². The standard InChI is InChI=1S/C8H17NO/c1-8(2)5-4-7(9-8)6-10-3/h7,9H,4-6H2,1-3H3/t7-/m1/s1. The summed E-state index contributed by atoms with van der Waals surface area (Å²) in [6.45, 7) is 5.33. The Morgan fingerprint density at radius 3 is 2.70 bits per heavy atom. The van der Waals surface area contributed by atoms with E-state index in [9.17, 15) is 0 Å². The van der Waals surface area contributed by atoms with E-state index in [1.54, 1.807) is 7.11 Å². The number of hydrogen-bond acceptors (Lipinski definition) is 2. The van der Waals surface area contributed by atoms with Crippen molar-refractivity contribution >= 4 is 0 Å². The molecule has 1 aliphatic heterocycles. The zero-order valence-corrected chi connectivity index (χ0v) is 7.11. The Hall–Kier alpha value is -0.0800. The maximum absolute atomic E-state index is 5.06. The van der Waals surface area contributed by atoms with E-state index in [2.05, 4.69) is 19.2 Å². The van der Waals surface area contributed by atoms with Crippen molar-refractivity contribution in [3.8, 4) is 0 Å². The van der Waals surface area contributed by atoms with Crippen LogP contribution in [0.2, 0.25) is 0 Å². The van der Waals surface area contributed by atoms with E-state index in [-0.39, 0.29) is 0 Å². The van der Waals surface area contributed by atoms with Crippen LogP contribution in [0.25, 0.3) is 0 Å². The summed E-state index contributed by atoms with van der Waals surface area (Å²) >= 11 is 0. The summed E-state index contributed by atoms with van der Waals surface area (Å²) in [6, 6.07) is 0.583. The Bertz CT molecular complexity index is 112. The zero-order chi connectivity index (χ0) is 7.61. The Balaban J connectivity index is 2.29. The Morgan fingerprint density at radius 1 is 1.60 bits per heavy atom. The predicted molar refractivity (Wildman–Crippen MR) is 42.1 cm³/mol. The van der Waals surface area contributed by atoms with Crippen molar-refractivity contribution in [2.75, 3.05) is 13.7 Å². The highest BCUT2D eigenvalue weighted by atomic mass is 16.5. The molecule has 60 valence electrons. The van der Waals surface area contributed by atoms with Crippen molar-refractivity contribution in [3.05, 3.63) is 0 Å². The fraction of sp³-hybridized carbons (Fsp3) is 1.00. The van der Waals surface area contributed by atoms with Crippen LogP contribution >= 0.6 is 0 Å². The first-order valence-electron chi connectivity index (χ1n) is 3.91. The summed E-state index contributed by atoms with van der Waals surface area (Å²) in [5.74, 6) is 0. The van der Waals surface area contributed by atoms with Crippen LogP contribution in [-0.2, 0) is 4.74 Å². The van der Waals surface area contributed by atoms with E-state index >= 15 is 0 Å². The first-order valence-corrected chi connectivity index (χ1v) is 3.91. The van der Waals surface area contributed by atoms with Crippen molar-refractivity contribution < 1.29 is 4.74 Å². The van der Waals surface area contributed by atoms with Gasteiger partial charge in [0.2, 0.25) is 0 Å². The number of rotatable bonds is 2. The molecule has 0 aromatic heterocycles. The third-order valence-corrected chi connectivity index (χ3v) is 2.08. The smallest absolute Gasteiger partial charge is 0.0616 e. The number of methoxy groups -OCH3 is 1. The molecule has 0 amide bonds. The van der Waals surface area contributed by atoms with Gasteiger partial charge in [-0.05, 0) is 26.7 Å². The lowest BCUT2D eigenvalue weighted by atomic mass is 10.0. The van der Waals surface area contributed by atoms with Crippen LogP contribution in [0, 0.1) is 0 Å². The summed E-state index contributed by atoms with van der Waals surface area (Å²) in [5, 5.41) is 3.51. The molecule has 1 heterocycles. The SMILES string of the molecule is COC[C@H]1CCC(C)(C)N1. The molecule has 1 saturated heterocycles. The molecule has 0 unspecified atom stereocenters. The van der Waals surface area contributed by atoms with Crippen molar-refractivity contribution in [1.82, 2.24) is 5.32 Å². The topological polar surface area (TPSA) is 21.3 Å². The van der Waals surface area contributed by atoms with Gasteiger partial charge in [0.15, 0.2) is 0 Å². The van der Waals surface area contributed by atoms with Gasteiger partial charge in [-0.15, -0.1) is 0 Å². The molecular formula is C8H17NO. The van der Waals surface area contributed by atoms with Crippen LogP contribution in [0.5, 0.6) is 0 Å². The monoisotopic (exact) mass is 143 g/mol. The number of ether oxygens (including phenoxy) is 1. The number of nitrogens with one attached hydrogen (secondary N) is 1. The van der Waals surface area contributed by atoms with E-state index < -0.39 is 0 Å². The van der Waals surface area contributed by atoms with Gasteiger partial charge in [-0.25, -0.2) is 0 Å². The van der Waals surface area contributed by atoms with Gasteiger partial charge >= 0.3 is 0 Å². The largest absolute Gasteiger partial charge is 0.383 e. The summed E-state index contributed by atoms with van der Waals surface area (Å²) in [4.78, 5) is 0. The van der Waals surface area contributed by atoms with Crippen molar-refractivity contribution in [3.63, 3.8) is 0 Å². The Morgan fingerprint density at radius 2 is 2.30 bits per heavy atom. The Labute approximate surface area is 63.0 Å². The lowest BCUT2D eigenvalue weighted by Gasteiger charge is -2.19. The molecule has 0 aliphatic carbocycles. The van der Waals surface area contributed by atoms with E-state index in [0.29, 0.717) is 11.6 Å². The summed E-state index contributed by atoms with van der Waals surface area (Å²) < 4.78 is 5.06. The van der Waals surface area contributed by atoms with Crippen LogP contribution < -0.4 is 5.32 Å². The van der Waals surface area contributed by atoms with Crippen molar-refractivity contribution in [1.29, 1.82) is 0 Å². The molecule has 1 fully saturated rings. The van der Waals surface area contributed by atoms with E-state index in [4.69, 9.17) is 4.74 Å². The first-order chi connectivity index (χ1) is 4.64. The molecule has 1 rings (SSSR count). The molecule has 10 heavy (non-hydrogen) atoms. The van der Waals surface area contributed by atoms with Gasteiger partial charge in [-0.1, -0.05) is 0 Å². The molecule has 1 N–H and O–H groups in total. The molecule has 0 saturated carbocycles. The van der Waals surface area contributed by atoms with Crippen LogP contribution in [0.3, 0.4) is 0 Å². The maximum Gasteiger partial charge on any atom is 0.0616 e. The average Bonchev–Trinajstić information content (AvgIpc) is 2.12. The van der Waals surface area contributed by atoms with Crippen LogP contribution in [0.15, 0.2) is 0 Å². The van der Waals surface area contributed by atoms with Crippen LogP contribution in [0.4, 0.5) is 0 Å². The zero-order valence-electron chi connectivity index (χ0n) is 7.11. The minimum Gasteiger partial charge on any atom is -0.383 e. The van der Waals surface area contributed by atoms with Gasteiger partial charge in [0, 0.05) is 18.7 Å². The molecule has 2 heteroatoms. The minimum atomic E-state index is 0.337. The lowest BCUT2D eigenvalue weighted by Crippen LogP contribution is -2.39. The third-order valence-electron chi connectivity index (χ3n) is 2.08. The second-order valence-corrected chi connectivity index (χ2v) is 3.72. The molecule has 0 bridgehead atoms. The van der Waals surface area contributed by atoms with Gasteiger partial charge in [-0.3, -0.25) is 0 Å². The van der Waals surface area contributed by atoms with Crippen molar-refractivity contribution in [2.45, 2.75) is 38.3 Å². The molecule has 1 aliphatic rings. The highest BCUT2D eigenvalue weighted by molar-refractivity contribution is 4.90. The second kappa shape index (κ2) is 2.89. The average molecular weight is 143 g/mol. The maximum atomic E-state index is 5.06. The van der Waals surface area contributed by atoms with Gasteiger partial charge in [0.05, 0.1) is 6.61 Å². The summed E-state index contributed by atoms with van der Waals surface area (Å²) in [5.41, 5.74) is 0.337. The predicted octanol–water partition coefficient (Wildman–Crippen LogP) is 1.16.